The highest BCUT2D eigenvalue weighted by Gasteiger charge is 2.29. The second kappa shape index (κ2) is 84.6. The van der Waals surface area contributed by atoms with Gasteiger partial charge in [-0.1, -0.05) is 346 Å². The molecule has 16 nitrogen and oxygen atoms in total. The van der Waals surface area contributed by atoms with Crippen LogP contribution in [0.15, 0.2) is 158 Å². The van der Waals surface area contributed by atoms with E-state index in [9.17, 15) is 43.5 Å². The lowest BCUT2D eigenvalue weighted by Gasteiger charge is -2.21. The SMILES string of the molecule is CC/C=C\C/C=C\C/C=C\C/C=C\C/C=C\CCCCCCCCCCCC(=O)OCC(COP(=O)(O)OCC(O)COP(=O)(O)OCC(O)COC(=O)CCCCCCCCCCCCCCCCCCC/C=C\C/C=C\C/C=C\C/C=C\CCCCC)OC(=O)CCCCCC/C=C\C/C=C\C/C=C\C/C=C\CC. The molecule has 0 radical (unpaired) electrons. The molecule has 0 aromatic carbocycles. The van der Waals surface area contributed by atoms with Crippen LogP contribution in [0, 0.1) is 0 Å². The zero-order valence-corrected chi connectivity index (χ0v) is 71.6. The second-order valence-corrected chi connectivity index (χ2v) is 31.8. The molecule has 111 heavy (non-hydrogen) atoms. The van der Waals surface area contributed by atoms with Crippen LogP contribution < -0.4 is 0 Å². The number of ether oxygens (including phenoxy) is 3. The van der Waals surface area contributed by atoms with E-state index in [1.54, 1.807) is 0 Å². The Morgan fingerprint density at radius 2 is 0.477 bits per heavy atom. The van der Waals surface area contributed by atoms with Crippen LogP contribution in [0.1, 0.15) is 355 Å². The first-order valence-corrected chi connectivity index (χ1v) is 46.8. The Hall–Kier alpha value is -4.83. The molecule has 0 aliphatic rings. The number of phosphoric acid groups is 2. The largest absolute Gasteiger partial charge is 0.472 e. The summed E-state index contributed by atoms with van der Waals surface area (Å²) in [6.45, 7) is 2.42. The van der Waals surface area contributed by atoms with Gasteiger partial charge in [-0.25, -0.2) is 9.13 Å². The van der Waals surface area contributed by atoms with Crippen molar-refractivity contribution in [2.75, 3.05) is 39.6 Å². The van der Waals surface area contributed by atoms with Crippen LogP contribution in [0.2, 0.25) is 0 Å². The molecule has 0 fully saturated rings. The van der Waals surface area contributed by atoms with Gasteiger partial charge in [0.15, 0.2) is 6.10 Å². The number of rotatable bonds is 82. The minimum absolute atomic E-state index is 0.0710. The Balaban J connectivity index is 4.52. The van der Waals surface area contributed by atoms with Gasteiger partial charge in [-0.2, -0.15) is 0 Å². The van der Waals surface area contributed by atoms with E-state index in [2.05, 4.69) is 179 Å². The zero-order chi connectivity index (χ0) is 80.8. The molecule has 0 aliphatic carbocycles. The summed E-state index contributed by atoms with van der Waals surface area (Å²) in [5, 5.41) is 20.7. The van der Waals surface area contributed by atoms with E-state index in [0.717, 1.165) is 154 Å². The third-order valence-corrected chi connectivity index (χ3v) is 20.1. The highest BCUT2D eigenvalue weighted by atomic mass is 31.2. The van der Waals surface area contributed by atoms with Gasteiger partial charge in [-0.3, -0.25) is 32.5 Å². The lowest BCUT2D eigenvalue weighted by Crippen LogP contribution is -2.30. The minimum Gasteiger partial charge on any atom is -0.463 e. The van der Waals surface area contributed by atoms with Crippen LogP contribution in [-0.4, -0.2) is 95.9 Å². The Labute approximate surface area is 676 Å². The van der Waals surface area contributed by atoms with E-state index >= 15 is 0 Å². The maximum atomic E-state index is 13.0. The molecule has 0 bridgehead atoms. The van der Waals surface area contributed by atoms with E-state index in [1.807, 2.05) is 0 Å². The highest BCUT2D eigenvalue weighted by Crippen LogP contribution is 2.45. The number of carbonyl (C=O) groups excluding carboxylic acids is 3. The van der Waals surface area contributed by atoms with Crippen LogP contribution >= 0.6 is 15.6 Å². The van der Waals surface area contributed by atoms with Gasteiger partial charge in [0.05, 0.1) is 26.4 Å². The van der Waals surface area contributed by atoms with Crippen LogP contribution in [0.4, 0.5) is 0 Å². The van der Waals surface area contributed by atoms with Crippen molar-refractivity contribution in [1.29, 1.82) is 0 Å². The van der Waals surface area contributed by atoms with Crippen LogP contribution in [-0.2, 0) is 55.8 Å². The van der Waals surface area contributed by atoms with Crippen molar-refractivity contribution in [3.05, 3.63) is 158 Å². The topological polar surface area (TPSA) is 231 Å². The number of esters is 3. The molecular formula is C93H158O16P2. The standard InChI is InChI=1S/C93H158O16P2/c1-4-7-10-13-16-19-22-25-28-31-33-35-37-39-40-41-42-43-44-45-46-48-50-51-53-56-58-61-64-67-70-73-76-79-91(96)103-82-88(94)83-105-110(99,100)106-84-89(95)85-107-111(101,102)108-87-90(109-93(98)81-78-75-72-69-66-63-60-55-30-27-24-21-18-15-12-9-6-3)86-104-92(97)80-77-74-71-68-65-62-59-57-54-52-49-47-38-36-34-32-29-26-23-20-17-14-11-8-5-2/h8-9,11-12,16-21,25-30,33-36,39-40,47,49,60,63,88-90,94-95H,4-7,10,13-15,22-24,31-32,37-38,41-46,48,50-59,61-62,64-87H2,1-3H3,(H,99,100)(H,101,102)/b11-8-,12-9-,19-16-,20-17-,21-18-,28-25-,29-26-,30-27-,35-33-,36-34-,40-39-,49-47-,63-60-. The van der Waals surface area contributed by atoms with Crippen LogP contribution in [0.25, 0.3) is 0 Å². The van der Waals surface area contributed by atoms with E-state index in [0.29, 0.717) is 19.3 Å². The van der Waals surface area contributed by atoms with Gasteiger partial charge in [0.1, 0.15) is 25.4 Å². The molecule has 0 aromatic heterocycles. The molecular weight excluding hydrogens is 1430 g/mol. The first kappa shape index (κ1) is 106. The first-order chi connectivity index (χ1) is 54.2. The molecule has 0 aliphatic heterocycles. The van der Waals surface area contributed by atoms with Crippen molar-refractivity contribution in [1.82, 2.24) is 0 Å². The van der Waals surface area contributed by atoms with Crippen molar-refractivity contribution >= 4 is 33.6 Å². The van der Waals surface area contributed by atoms with Crippen molar-refractivity contribution in [2.24, 2.45) is 0 Å². The van der Waals surface area contributed by atoms with Crippen LogP contribution in [0.5, 0.6) is 0 Å². The van der Waals surface area contributed by atoms with Gasteiger partial charge < -0.3 is 34.2 Å². The average molecular weight is 1590 g/mol. The van der Waals surface area contributed by atoms with Gasteiger partial charge in [0.2, 0.25) is 0 Å². The summed E-state index contributed by atoms with van der Waals surface area (Å²) >= 11 is 0. The van der Waals surface area contributed by atoms with Crippen molar-refractivity contribution in [3.63, 3.8) is 0 Å². The van der Waals surface area contributed by atoms with Crippen molar-refractivity contribution in [3.8, 4) is 0 Å². The Morgan fingerprint density at radius 3 is 0.757 bits per heavy atom. The number of unbranched alkanes of at least 4 members (excludes halogenated alkanes) is 33. The highest BCUT2D eigenvalue weighted by molar-refractivity contribution is 7.47. The summed E-state index contributed by atoms with van der Waals surface area (Å²) in [5.74, 6) is -1.61. The maximum Gasteiger partial charge on any atom is 0.472 e. The number of allylic oxidation sites excluding steroid dienone is 26. The third kappa shape index (κ3) is 85.9. The number of aliphatic hydroxyl groups excluding tert-OH is 2. The van der Waals surface area contributed by atoms with E-state index in [-0.39, 0.29) is 19.3 Å². The van der Waals surface area contributed by atoms with Gasteiger partial charge in [0.25, 0.3) is 0 Å². The Kier molecular flexibility index (Phi) is 80.9. The Morgan fingerprint density at radius 1 is 0.261 bits per heavy atom. The van der Waals surface area contributed by atoms with E-state index in [1.165, 1.54) is 141 Å². The second-order valence-electron chi connectivity index (χ2n) is 28.9. The minimum atomic E-state index is -4.95. The molecule has 0 saturated carbocycles. The zero-order valence-electron chi connectivity index (χ0n) is 69.8. The summed E-state index contributed by atoms with van der Waals surface area (Å²) in [6, 6.07) is 0. The van der Waals surface area contributed by atoms with Crippen LogP contribution in [0.3, 0.4) is 0 Å². The summed E-state index contributed by atoms with van der Waals surface area (Å²) in [6.07, 6.45) is 107. The van der Waals surface area contributed by atoms with Gasteiger partial charge in [-0.05, 0) is 148 Å². The molecule has 4 N–H and O–H groups in total. The summed E-state index contributed by atoms with van der Waals surface area (Å²) in [7, 11) is -9.81. The smallest absolute Gasteiger partial charge is 0.463 e. The summed E-state index contributed by atoms with van der Waals surface area (Å²) in [5.41, 5.74) is 0. The number of phosphoric ester groups is 2. The summed E-state index contributed by atoms with van der Waals surface area (Å²) in [4.78, 5) is 58.8. The maximum absolute atomic E-state index is 13.0. The number of hydrogen-bond acceptors (Lipinski definition) is 14. The average Bonchev–Trinajstić information content (AvgIpc) is 0.903. The number of hydrogen-bond donors (Lipinski definition) is 4. The van der Waals surface area contributed by atoms with Gasteiger partial charge in [-0.15, -0.1) is 0 Å². The molecule has 0 rings (SSSR count). The molecule has 5 atom stereocenters. The molecule has 0 heterocycles. The molecule has 0 spiro atoms. The molecule has 636 valence electrons. The lowest BCUT2D eigenvalue weighted by atomic mass is 10.0. The fourth-order valence-corrected chi connectivity index (χ4v) is 13.2. The fourth-order valence-electron chi connectivity index (χ4n) is 11.6. The first-order valence-electron chi connectivity index (χ1n) is 43.8. The lowest BCUT2D eigenvalue weighted by molar-refractivity contribution is -0.161. The predicted octanol–water partition coefficient (Wildman–Crippen LogP) is 26.5. The quantitative estimate of drug-likeness (QED) is 0.0146. The Bertz CT molecular complexity index is 2650. The van der Waals surface area contributed by atoms with Gasteiger partial charge >= 0.3 is 33.6 Å². The molecule has 0 saturated heterocycles. The van der Waals surface area contributed by atoms with Gasteiger partial charge in [0, 0.05) is 19.3 Å². The predicted molar refractivity (Wildman–Crippen MR) is 463 cm³/mol. The fraction of sp³-hybridized carbons (Fsp3) is 0.688. The van der Waals surface area contributed by atoms with E-state index in [4.69, 9.17) is 32.3 Å². The van der Waals surface area contributed by atoms with E-state index < -0.39 is 91.5 Å². The monoisotopic (exact) mass is 1590 g/mol. The van der Waals surface area contributed by atoms with Crippen molar-refractivity contribution < 1.29 is 75.8 Å². The normalized spacial score (nSPS) is 14.6. The molecule has 18 heteroatoms. The number of aliphatic hydroxyl groups is 2. The third-order valence-electron chi connectivity index (χ3n) is 18.2. The summed E-state index contributed by atoms with van der Waals surface area (Å²) < 4.78 is 61.3. The molecule has 0 amide bonds. The number of carbonyl (C=O) groups is 3. The van der Waals surface area contributed by atoms with Crippen molar-refractivity contribution in [2.45, 2.75) is 373 Å². The molecule has 5 unspecified atom stereocenters. The molecule has 0 aromatic rings.